The lowest BCUT2D eigenvalue weighted by Gasteiger charge is -2.16. The molecule has 0 saturated heterocycles. The fraction of sp³-hybridized carbons (Fsp3) is 0.308. The summed E-state index contributed by atoms with van der Waals surface area (Å²) in [5.41, 5.74) is 0.661. The Morgan fingerprint density at radius 3 is 2.36 bits per heavy atom. The summed E-state index contributed by atoms with van der Waals surface area (Å²) in [5.74, 6) is 0.287. The van der Waals surface area contributed by atoms with Crippen LogP contribution in [0.4, 0.5) is 9.41 Å². The molecule has 0 unspecified atom stereocenters. The maximum atomic E-state index is 12.7. The van der Waals surface area contributed by atoms with E-state index in [1.807, 2.05) is 0 Å². The second-order valence-electron chi connectivity index (χ2n) is 5.58. The van der Waals surface area contributed by atoms with Crippen molar-refractivity contribution in [3.05, 3.63) is 24.1 Å². The van der Waals surface area contributed by atoms with Crippen LogP contribution < -0.4 is 9.47 Å². The van der Waals surface area contributed by atoms with Gasteiger partial charge in [-0.25, -0.2) is 0 Å². The molecule has 3 heterocycles. The van der Waals surface area contributed by atoms with Gasteiger partial charge in [0.2, 0.25) is 5.79 Å². The molecule has 0 radical (unpaired) electrons. The quantitative estimate of drug-likeness (QED) is 0.666. The summed E-state index contributed by atoms with van der Waals surface area (Å²) in [6.45, 7) is 5.03. The average Bonchev–Trinajstić information content (AvgIpc) is 3.10. The van der Waals surface area contributed by atoms with Gasteiger partial charge in [0.25, 0.3) is 10.0 Å². The third kappa shape index (κ3) is 2.67. The van der Waals surface area contributed by atoms with Crippen molar-refractivity contribution in [3.63, 3.8) is 0 Å². The largest absolute Gasteiger partial charge is 0.449 e. The standard InChI is InChI=1S/C13H12N4O5S.2FH/c1-7-12(6-14-22-7)23(18,19)17-9-5-11-10(4-8(9)15-16-17)20-13(2,3)21-11;;/h4-6H,1-3H3;2*1H. The SMILES string of the molecule is Cc1oncc1S(=O)(=O)n1nnc2cc3c(cc21)OC(C)(C)O3.F.F. The number of nitrogens with zero attached hydrogens (tertiary/aromatic N) is 4. The van der Waals surface area contributed by atoms with E-state index in [0.29, 0.717) is 17.0 Å². The summed E-state index contributed by atoms with van der Waals surface area (Å²) in [5, 5.41) is 11.1. The predicted molar refractivity (Wildman–Crippen MR) is 81.7 cm³/mol. The Kier molecular flexibility index (Phi) is 4.20. The number of aryl methyl sites for hydroxylation is 1. The summed E-state index contributed by atoms with van der Waals surface area (Å²) in [6, 6.07) is 3.14. The van der Waals surface area contributed by atoms with Crippen LogP contribution in [0, 0.1) is 6.92 Å². The first-order valence-electron chi connectivity index (χ1n) is 6.72. The molecule has 1 aliphatic heterocycles. The van der Waals surface area contributed by atoms with Crippen molar-refractivity contribution < 1.29 is 31.8 Å². The number of ether oxygens (including phenoxy) is 2. The highest BCUT2D eigenvalue weighted by Crippen LogP contribution is 2.41. The number of rotatable bonds is 2. The smallest absolute Gasteiger partial charge is 0.290 e. The first-order valence-corrected chi connectivity index (χ1v) is 8.16. The van der Waals surface area contributed by atoms with Crippen LogP contribution in [0.3, 0.4) is 0 Å². The number of fused-ring (bicyclic) bond motifs is 2. The first-order chi connectivity index (χ1) is 10.8. The Balaban J connectivity index is 0.00000113. The van der Waals surface area contributed by atoms with Gasteiger partial charge in [-0.1, -0.05) is 10.4 Å². The van der Waals surface area contributed by atoms with Gasteiger partial charge in [-0.2, -0.15) is 8.42 Å². The number of benzene rings is 1. The van der Waals surface area contributed by atoms with Crippen molar-refractivity contribution in [1.29, 1.82) is 0 Å². The lowest BCUT2D eigenvalue weighted by atomic mass is 10.3. The molecule has 136 valence electrons. The Hall–Kier alpha value is -2.76. The molecule has 0 atom stereocenters. The van der Waals surface area contributed by atoms with Crippen molar-refractivity contribution in [3.8, 4) is 11.5 Å². The lowest BCUT2D eigenvalue weighted by Crippen LogP contribution is -2.29. The molecule has 0 amide bonds. The second kappa shape index (κ2) is 5.65. The van der Waals surface area contributed by atoms with E-state index in [9.17, 15) is 8.42 Å². The van der Waals surface area contributed by atoms with Crippen LogP contribution in [0.2, 0.25) is 0 Å². The topological polar surface area (TPSA) is 109 Å². The van der Waals surface area contributed by atoms with Gasteiger partial charge >= 0.3 is 0 Å². The van der Waals surface area contributed by atoms with E-state index in [1.54, 1.807) is 26.0 Å². The molecule has 0 fully saturated rings. The molecule has 0 N–H and O–H groups in total. The Bertz CT molecular complexity index is 1040. The zero-order chi connectivity index (χ0) is 16.4. The Labute approximate surface area is 140 Å². The van der Waals surface area contributed by atoms with Crippen LogP contribution >= 0.6 is 0 Å². The third-order valence-electron chi connectivity index (χ3n) is 3.40. The van der Waals surface area contributed by atoms with Crippen molar-refractivity contribution in [2.75, 3.05) is 0 Å². The molecule has 3 aromatic rings. The molecule has 1 aromatic carbocycles. The zero-order valence-electron chi connectivity index (χ0n) is 13.3. The van der Waals surface area contributed by atoms with Gasteiger partial charge in [0, 0.05) is 26.0 Å². The summed E-state index contributed by atoms with van der Waals surface area (Å²) < 4.78 is 42.3. The number of hydrogen-bond acceptors (Lipinski definition) is 8. The molecule has 0 bridgehead atoms. The van der Waals surface area contributed by atoms with Gasteiger partial charge in [-0.05, 0) is 6.92 Å². The maximum absolute atomic E-state index is 12.7. The highest BCUT2D eigenvalue weighted by molar-refractivity contribution is 7.90. The molecule has 4 rings (SSSR count). The molecule has 1 aliphatic rings. The minimum Gasteiger partial charge on any atom is -0.449 e. The van der Waals surface area contributed by atoms with Crippen molar-refractivity contribution in [1.82, 2.24) is 19.6 Å². The molecular formula is C13H14F2N4O5S. The van der Waals surface area contributed by atoms with Crippen LogP contribution in [-0.2, 0) is 10.0 Å². The molecular weight excluding hydrogens is 362 g/mol. The normalized spacial score (nSPS) is 14.8. The summed E-state index contributed by atoms with van der Waals surface area (Å²) >= 11 is 0. The maximum Gasteiger partial charge on any atom is 0.290 e. The predicted octanol–water partition coefficient (Wildman–Crippen LogP) is 1.78. The van der Waals surface area contributed by atoms with Gasteiger partial charge in [-0.15, -0.1) is 9.19 Å². The molecule has 9 nitrogen and oxygen atoms in total. The fourth-order valence-corrected chi connectivity index (χ4v) is 3.73. The average molecular weight is 376 g/mol. The van der Waals surface area contributed by atoms with Gasteiger partial charge in [-0.3, -0.25) is 9.41 Å². The van der Waals surface area contributed by atoms with Crippen molar-refractivity contribution >= 4 is 21.1 Å². The first kappa shape index (κ1) is 18.6. The van der Waals surface area contributed by atoms with E-state index in [2.05, 4.69) is 15.5 Å². The van der Waals surface area contributed by atoms with Gasteiger partial charge in [0.1, 0.15) is 11.0 Å². The van der Waals surface area contributed by atoms with Gasteiger partial charge < -0.3 is 14.0 Å². The Morgan fingerprint density at radius 1 is 1.12 bits per heavy atom. The van der Waals surface area contributed by atoms with Crippen LogP contribution in [0.1, 0.15) is 19.6 Å². The van der Waals surface area contributed by atoms with Crippen LogP contribution in [0.25, 0.3) is 11.0 Å². The minimum absolute atomic E-state index is 0. The van der Waals surface area contributed by atoms with Gasteiger partial charge in [0.05, 0.1) is 6.20 Å². The van der Waals surface area contributed by atoms with E-state index in [0.717, 1.165) is 10.3 Å². The van der Waals surface area contributed by atoms with Crippen LogP contribution in [0.15, 0.2) is 27.7 Å². The molecule has 0 saturated carbocycles. The molecule has 2 aromatic heterocycles. The molecule has 0 aliphatic carbocycles. The molecule has 12 heteroatoms. The lowest BCUT2D eigenvalue weighted by molar-refractivity contribution is -0.0431. The number of aromatic nitrogens is 4. The van der Waals surface area contributed by atoms with Crippen molar-refractivity contribution in [2.45, 2.75) is 31.5 Å². The highest BCUT2D eigenvalue weighted by Gasteiger charge is 2.34. The van der Waals surface area contributed by atoms with E-state index < -0.39 is 15.8 Å². The van der Waals surface area contributed by atoms with Gasteiger partial charge in [0.15, 0.2) is 22.2 Å². The number of hydrogen-bond donors (Lipinski definition) is 0. The fourth-order valence-electron chi connectivity index (χ4n) is 2.43. The highest BCUT2D eigenvalue weighted by atomic mass is 32.2. The summed E-state index contributed by atoms with van der Waals surface area (Å²) in [4.78, 5) is -0.0673. The second-order valence-corrected chi connectivity index (χ2v) is 7.31. The summed E-state index contributed by atoms with van der Waals surface area (Å²) in [7, 11) is -3.97. The summed E-state index contributed by atoms with van der Waals surface area (Å²) in [6.07, 6.45) is 1.13. The number of halogens is 2. The Morgan fingerprint density at radius 2 is 1.76 bits per heavy atom. The minimum atomic E-state index is -3.97. The van der Waals surface area contributed by atoms with E-state index in [1.165, 1.54) is 6.92 Å². The zero-order valence-corrected chi connectivity index (χ0v) is 14.1. The van der Waals surface area contributed by atoms with Crippen LogP contribution in [-0.4, -0.2) is 33.8 Å². The third-order valence-corrected chi connectivity index (χ3v) is 5.08. The van der Waals surface area contributed by atoms with E-state index in [-0.39, 0.29) is 25.6 Å². The molecule has 25 heavy (non-hydrogen) atoms. The van der Waals surface area contributed by atoms with E-state index in [4.69, 9.17) is 14.0 Å². The van der Waals surface area contributed by atoms with Crippen molar-refractivity contribution in [2.24, 2.45) is 0 Å². The van der Waals surface area contributed by atoms with Crippen LogP contribution in [0.5, 0.6) is 11.5 Å². The molecule has 0 spiro atoms. The van der Waals surface area contributed by atoms with E-state index >= 15 is 0 Å². The monoisotopic (exact) mass is 376 g/mol.